The van der Waals surface area contributed by atoms with Crippen LogP contribution in [-0.4, -0.2) is 40.6 Å². The van der Waals surface area contributed by atoms with Gasteiger partial charge in [-0.2, -0.15) is 10.2 Å². The molecule has 8 heteroatoms. The van der Waals surface area contributed by atoms with E-state index in [1.165, 1.54) is 0 Å². The summed E-state index contributed by atoms with van der Waals surface area (Å²) in [5.41, 5.74) is 0.938. The second-order valence-electron chi connectivity index (χ2n) is 5.87. The van der Waals surface area contributed by atoms with Crippen molar-refractivity contribution in [3.63, 3.8) is 0 Å². The topological polar surface area (TPSA) is 98.7 Å². The first-order chi connectivity index (χ1) is 11.6. The third-order valence-corrected chi connectivity index (χ3v) is 4.25. The van der Waals surface area contributed by atoms with E-state index in [1.54, 1.807) is 29.2 Å². The molecule has 0 bridgehead atoms. The number of fused-ring (bicyclic) bond motifs is 1. The van der Waals surface area contributed by atoms with Crippen molar-refractivity contribution in [2.45, 2.75) is 32.2 Å². The molecule has 3 heterocycles. The van der Waals surface area contributed by atoms with Gasteiger partial charge in [0.25, 0.3) is 0 Å². The van der Waals surface area contributed by atoms with E-state index in [-0.39, 0.29) is 11.5 Å². The lowest BCUT2D eigenvalue weighted by atomic mass is 9.97. The van der Waals surface area contributed by atoms with Crippen LogP contribution in [0.5, 0.6) is 0 Å². The number of hydrogen-bond donors (Lipinski definition) is 1. The summed E-state index contributed by atoms with van der Waals surface area (Å²) in [4.78, 5) is 20.1. The summed E-state index contributed by atoms with van der Waals surface area (Å²) in [6.07, 6.45) is 3.22. The molecule has 24 heavy (non-hydrogen) atoms. The van der Waals surface area contributed by atoms with E-state index in [0.717, 1.165) is 31.0 Å². The van der Waals surface area contributed by atoms with Crippen LogP contribution in [0.4, 0.5) is 0 Å². The summed E-state index contributed by atoms with van der Waals surface area (Å²) in [6, 6.07) is 6.75. The average Bonchev–Trinajstić information content (AvgIpc) is 3.20. The van der Waals surface area contributed by atoms with E-state index < -0.39 is 5.97 Å². The number of aromatic carboxylic acids is 1. The number of nitrogens with zero attached hydrogens (tertiary/aromatic N) is 6. The molecule has 0 saturated heterocycles. The first kappa shape index (κ1) is 14.6. The fourth-order valence-electron chi connectivity index (χ4n) is 3.11. The summed E-state index contributed by atoms with van der Waals surface area (Å²) in [7, 11) is 0. The van der Waals surface area contributed by atoms with E-state index in [9.17, 15) is 9.90 Å². The number of carbonyl (C=O) groups is 1. The number of rotatable bonds is 3. The summed E-state index contributed by atoms with van der Waals surface area (Å²) in [5.74, 6) is 1.66. The summed E-state index contributed by atoms with van der Waals surface area (Å²) < 4.78 is 3.66. The lowest BCUT2D eigenvalue weighted by Crippen LogP contribution is -2.22. The van der Waals surface area contributed by atoms with Crippen LogP contribution in [0.25, 0.3) is 5.69 Å². The fourth-order valence-corrected chi connectivity index (χ4v) is 3.11. The number of aromatic nitrogens is 6. The minimum Gasteiger partial charge on any atom is -0.478 e. The Morgan fingerprint density at radius 3 is 3.08 bits per heavy atom. The summed E-state index contributed by atoms with van der Waals surface area (Å²) >= 11 is 0. The highest BCUT2D eigenvalue weighted by Gasteiger charge is 2.26. The van der Waals surface area contributed by atoms with E-state index in [0.29, 0.717) is 11.5 Å². The van der Waals surface area contributed by atoms with Crippen molar-refractivity contribution in [3.8, 4) is 5.69 Å². The molecule has 1 aliphatic heterocycles. The van der Waals surface area contributed by atoms with Crippen molar-refractivity contribution in [1.82, 2.24) is 29.5 Å². The Labute approximate surface area is 137 Å². The van der Waals surface area contributed by atoms with Crippen molar-refractivity contribution in [3.05, 3.63) is 53.6 Å². The molecule has 0 amide bonds. The Kier molecular flexibility index (Phi) is 3.37. The lowest BCUT2D eigenvalue weighted by Gasteiger charge is -2.22. The van der Waals surface area contributed by atoms with Crippen molar-refractivity contribution in [1.29, 1.82) is 0 Å². The summed E-state index contributed by atoms with van der Waals surface area (Å²) in [5, 5.41) is 17.9. The van der Waals surface area contributed by atoms with Gasteiger partial charge in [-0.25, -0.2) is 19.4 Å². The van der Waals surface area contributed by atoms with Gasteiger partial charge in [-0.15, -0.1) is 0 Å². The molecule has 0 spiro atoms. The number of carboxylic acid groups (broad SMARTS) is 1. The SMILES string of the molecule is Cc1nc(C2CCn3ncnc3C2)n(-c2cccc(C(=O)O)c2)n1. The highest BCUT2D eigenvalue weighted by atomic mass is 16.4. The highest BCUT2D eigenvalue weighted by Crippen LogP contribution is 2.28. The molecule has 1 aromatic carbocycles. The molecule has 1 unspecified atom stereocenters. The Hall–Kier alpha value is -3.03. The Balaban J connectivity index is 1.74. The molecule has 0 radical (unpaired) electrons. The van der Waals surface area contributed by atoms with Crippen molar-refractivity contribution >= 4 is 5.97 Å². The maximum absolute atomic E-state index is 11.2. The fraction of sp³-hybridized carbons (Fsp3) is 0.312. The zero-order valence-corrected chi connectivity index (χ0v) is 13.1. The zero-order valence-electron chi connectivity index (χ0n) is 13.1. The lowest BCUT2D eigenvalue weighted by molar-refractivity contribution is 0.0697. The van der Waals surface area contributed by atoms with Gasteiger partial charge in [0.15, 0.2) is 0 Å². The van der Waals surface area contributed by atoms with E-state index in [2.05, 4.69) is 20.2 Å². The Morgan fingerprint density at radius 2 is 2.25 bits per heavy atom. The molecule has 2 aromatic heterocycles. The van der Waals surface area contributed by atoms with Crippen LogP contribution in [0.15, 0.2) is 30.6 Å². The third-order valence-electron chi connectivity index (χ3n) is 4.25. The number of benzene rings is 1. The minimum atomic E-state index is -0.957. The van der Waals surface area contributed by atoms with E-state index in [1.807, 2.05) is 17.7 Å². The maximum atomic E-state index is 11.2. The van der Waals surface area contributed by atoms with E-state index >= 15 is 0 Å². The molecule has 0 fully saturated rings. The predicted octanol–water partition coefficient (Wildman–Crippen LogP) is 1.60. The van der Waals surface area contributed by atoms with Crippen LogP contribution in [0, 0.1) is 6.92 Å². The molecule has 0 aliphatic carbocycles. The van der Waals surface area contributed by atoms with Gasteiger partial charge in [0.05, 0.1) is 11.3 Å². The quantitative estimate of drug-likeness (QED) is 0.785. The Bertz CT molecular complexity index is 913. The third kappa shape index (κ3) is 2.45. The predicted molar refractivity (Wildman–Crippen MR) is 84.1 cm³/mol. The van der Waals surface area contributed by atoms with Crippen LogP contribution >= 0.6 is 0 Å². The van der Waals surface area contributed by atoms with E-state index in [4.69, 9.17) is 0 Å². The van der Waals surface area contributed by atoms with Crippen molar-refractivity contribution in [2.24, 2.45) is 0 Å². The van der Waals surface area contributed by atoms with Gasteiger partial charge < -0.3 is 5.11 Å². The van der Waals surface area contributed by atoms with Crippen LogP contribution in [0.3, 0.4) is 0 Å². The van der Waals surface area contributed by atoms with Gasteiger partial charge in [-0.3, -0.25) is 4.68 Å². The smallest absolute Gasteiger partial charge is 0.335 e. The molecule has 122 valence electrons. The number of hydrogen-bond acceptors (Lipinski definition) is 5. The van der Waals surface area contributed by atoms with Crippen LogP contribution in [-0.2, 0) is 13.0 Å². The molecule has 1 aliphatic rings. The molecular formula is C16H16N6O2. The largest absolute Gasteiger partial charge is 0.478 e. The van der Waals surface area contributed by atoms with Crippen molar-refractivity contribution in [2.75, 3.05) is 0 Å². The zero-order chi connectivity index (χ0) is 16.7. The van der Waals surface area contributed by atoms with Gasteiger partial charge in [0.1, 0.15) is 23.8 Å². The highest BCUT2D eigenvalue weighted by molar-refractivity contribution is 5.88. The first-order valence-electron chi connectivity index (χ1n) is 7.76. The molecule has 4 rings (SSSR count). The normalized spacial score (nSPS) is 16.8. The molecule has 0 saturated carbocycles. The van der Waals surface area contributed by atoms with Gasteiger partial charge in [-0.05, 0) is 31.5 Å². The Morgan fingerprint density at radius 1 is 1.38 bits per heavy atom. The molecule has 1 atom stereocenters. The first-order valence-corrected chi connectivity index (χ1v) is 7.76. The van der Waals surface area contributed by atoms with Crippen molar-refractivity contribution < 1.29 is 9.90 Å². The van der Waals surface area contributed by atoms with Gasteiger partial charge in [0, 0.05) is 18.9 Å². The molecule has 3 aromatic rings. The van der Waals surface area contributed by atoms with Gasteiger partial charge >= 0.3 is 5.97 Å². The maximum Gasteiger partial charge on any atom is 0.335 e. The monoisotopic (exact) mass is 324 g/mol. The molecular weight excluding hydrogens is 308 g/mol. The number of aryl methyl sites for hydroxylation is 2. The molecule has 1 N–H and O–H groups in total. The second kappa shape index (κ2) is 5.55. The standard InChI is InChI=1S/C16H16N6O2/c1-10-19-15(11-5-6-21-14(8-11)17-9-18-21)22(20-10)13-4-2-3-12(7-13)16(23)24/h2-4,7,9,11H,5-6,8H2,1H3,(H,23,24). The minimum absolute atomic E-state index is 0.177. The second-order valence-corrected chi connectivity index (χ2v) is 5.87. The number of carboxylic acids is 1. The van der Waals surface area contributed by atoms with Gasteiger partial charge in [0.2, 0.25) is 0 Å². The van der Waals surface area contributed by atoms with Crippen LogP contribution < -0.4 is 0 Å². The van der Waals surface area contributed by atoms with Crippen LogP contribution in [0.2, 0.25) is 0 Å². The van der Waals surface area contributed by atoms with Gasteiger partial charge in [-0.1, -0.05) is 6.07 Å². The van der Waals surface area contributed by atoms with Crippen LogP contribution in [0.1, 0.15) is 40.2 Å². The molecule has 8 nitrogen and oxygen atoms in total. The summed E-state index contributed by atoms with van der Waals surface area (Å²) in [6.45, 7) is 2.63. The average molecular weight is 324 g/mol.